The molecule has 0 fully saturated rings. The molecular weight excluding hydrogens is 387 g/mol. The third-order valence-electron chi connectivity index (χ3n) is 4.20. The van der Waals surface area contributed by atoms with Crippen LogP contribution < -0.4 is 4.74 Å². The van der Waals surface area contributed by atoms with Crippen LogP contribution in [0.4, 0.5) is 13.2 Å². The first-order valence-electron chi connectivity index (χ1n) is 8.59. The molecule has 0 aliphatic carbocycles. The fraction of sp³-hybridized carbons (Fsp3) is 0.263. The Balaban J connectivity index is 1.69. The van der Waals surface area contributed by atoms with Crippen molar-refractivity contribution in [3.05, 3.63) is 59.7 Å². The molecule has 3 aromatic rings. The van der Waals surface area contributed by atoms with Crippen molar-refractivity contribution in [2.45, 2.75) is 19.3 Å². The summed E-state index contributed by atoms with van der Waals surface area (Å²) < 4.78 is 43.9. The minimum Gasteiger partial charge on any atom is -0.496 e. The van der Waals surface area contributed by atoms with Crippen LogP contribution in [0.5, 0.6) is 5.75 Å². The minimum absolute atomic E-state index is 0.0104. The van der Waals surface area contributed by atoms with Crippen molar-refractivity contribution in [3.8, 4) is 17.1 Å². The second-order valence-corrected chi connectivity index (χ2v) is 6.28. The monoisotopic (exact) mass is 405 g/mol. The second-order valence-electron chi connectivity index (χ2n) is 6.28. The maximum absolute atomic E-state index is 12.9. The van der Waals surface area contributed by atoms with Crippen LogP contribution >= 0.6 is 0 Å². The number of rotatable bonds is 6. The molecule has 0 aliphatic heterocycles. The molecule has 0 aliphatic rings. The Morgan fingerprint density at radius 2 is 1.93 bits per heavy atom. The smallest absolute Gasteiger partial charge is 0.416 e. The summed E-state index contributed by atoms with van der Waals surface area (Å²) in [5.74, 6) is 0.387. The number of hydrogen-bond acceptors (Lipinski definition) is 5. The minimum atomic E-state index is -4.47. The Hall–Kier alpha value is -3.43. The first kappa shape index (κ1) is 20.3. The molecule has 2 aromatic carbocycles. The van der Waals surface area contributed by atoms with E-state index < -0.39 is 11.7 Å². The van der Waals surface area contributed by atoms with E-state index >= 15 is 0 Å². The molecule has 0 saturated carbocycles. The highest BCUT2D eigenvalue weighted by Crippen LogP contribution is 2.31. The number of ether oxygens (including phenoxy) is 1. The van der Waals surface area contributed by atoms with Gasteiger partial charge in [0.05, 0.1) is 12.7 Å². The number of carbonyl (C=O) groups is 1. The summed E-state index contributed by atoms with van der Waals surface area (Å²) in [6.45, 7) is 0.121. The van der Waals surface area contributed by atoms with Crippen molar-refractivity contribution in [2.75, 3.05) is 14.2 Å². The third kappa shape index (κ3) is 4.89. The van der Waals surface area contributed by atoms with Gasteiger partial charge in [-0.05, 0) is 23.4 Å². The van der Waals surface area contributed by atoms with E-state index in [0.717, 1.165) is 22.5 Å². The predicted molar refractivity (Wildman–Crippen MR) is 97.7 cm³/mol. The van der Waals surface area contributed by atoms with Crippen LogP contribution in [0.15, 0.2) is 48.5 Å². The summed E-state index contributed by atoms with van der Waals surface area (Å²) in [5, 5.41) is 11.5. The fourth-order valence-corrected chi connectivity index (χ4v) is 2.68. The molecule has 1 amide bonds. The number of aromatic nitrogens is 4. The number of amides is 1. The lowest BCUT2D eigenvalue weighted by molar-refractivity contribution is -0.137. The van der Waals surface area contributed by atoms with E-state index in [9.17, 15) is 18.0 Å². The molecule has 10 heteroatoms. The van der Waals surface area contributed by atoms with Crippen molar-refractivity contribution in [2.24, 2.45) is 0 Å². The maximum atomic E-state index is 12.9. The molecule has 29 heavy (non-hydrogen) atoms. The number of methoxy groups -OCH3 is 1. The zero-order chi connectivity index (χ0) is 21.0. The highest BCUT2D eigenvalue weighted by molar-refractivity contribution is 5.75. The summed E-state index contributed by atoms with van der Waals surface area (Å²) in [6.07, 6.45) is -4.47. The molecule has 0 bridgehead atoms. The number of hydrogen-bond donors (Lipinski definition) is 0. The molecule has 0 radical (unpaired) electrons. The number of likely N-dealkylation sites (N-methyl/N-ethyl adjacent to an activating group) is 1. The van der Waals surface area contributed by atoms with Gasteiger partial charge in [0, 0.05) is 24.7 Å². The van der Waals surface area contributed by atoms with Crippen LogP contribution in [0, 0.1) is 0 Å². The average Bonchev–Trinajstić information content (AvgIpc) is 3.16. The van der Waals surface area contributed by atoms with Crippen molar-refractivity contribution in [3.63, 3.8) is 0 Å². The molecule has 3 rings (SSSR count). The Bertz CT molecular complexity index is 1000. The SMILES string of the molecule is COc1ccccc1CN(C)C(=O)Cn1nnc(-c2cccc(C(F)(F)F)c2)n1. The van der Waals surface area contributed by atoms with E-state index in [1.807, 2.05) is 18.2 Å². The van der Waals surface area contributed by atoms with E-state index in [2.05, 4.69) is 15.4 Å². The van der Waals surface area contributed by atoms with Crippen LogP contribution in [-0.4, -0.2) is 45.2 Å². The number of para-hydroxylation sites is 1. The van der Waals surface area contributed by atoms with Crippen LogP contribution in [0.3, 0.4) is 0 Å². The number of halogens is 3. The topological polar surface area (TPSA) is 73.1 Å². The van der Waals surface area contributed by atoms with Crippen LogP contribution in [0.2, 0.25) is 0 Å². The van der Waals surface area contributed by atoms with E-state index in [4.69, 9.17) is 4.74 Å². The molecular formula is C19H18F3N5O2. The third-order valence-corrected chi connectivity index (χ3v) is 4.20. The average molecular weight is 405 g/mol. The predicted octanol–water partition coefficient (Wildman–Crippen LogP) is 3.03. The van der Waals surface area contributed by atoms with Crippen molar-refractivity contribution < 1.29 is 22.7 Å². The Morgan fingerprint density at radius 3 is 2.66 bits per heavy atom. The molecule has 0 unspecified atom stereocenters. The molecule has 7 nitrogen and oxygen atoms in total. The van der Waals surface area contributed by atoms with Gasteiger partial charge in [-0.2, -0.15) is 18.0 Å². The lowest BCUT2D eigenvalue weighted by Crippen LogP contribution is -2.30. The summed E-state index contributed by atoms with van der Waals surface area (Å²) in [6, 6.07) is 11.9. The number of carbonyl (C=O) groups excluding carboxylic acids is 1. The Kier molecular flexibility index (Phi) is 5.81. The highest BCUT2D eigenvalue weighted by Gasteiger charge is 2.30. The van der Waals surface area contributed by atoms with E-state index in [-0.39, 0.29) is 23.8 Å². The number of alkyl halides is 3. The molecule has 0 saturated heterocycles. The van der Waals surface area contributed by atoms with Gasteiger partial charge in [-0.25, -0.2) is 0 Å². The van der Waals surface area contributed by atoms with Crippen LogP contribution in [-0.2, 0) is 24.1 Å². The Labute approximate surface area is 164 Å². The zero-order valence-corrected chi connectivity index (χ0v) is 15.7. The molecule has 1 aromatic heterocycles. The highest BCUT2D eigenvalue weighted by atomic mass is 19.4. The van der Waals surface area contributed by atoms with Crippen LogP contribution in [0.1, 0.15) is 11.1 Å². The Morgan fingerprint density at radius 1 is 1.17 bits per heavy atom. The lowest BCUT2D eigenvalue weighted by atomic mass is 10.1. The van der Waals surface area contributed by atoms with Gasteiger partial charge in [0.25, 0.3) is 0 Å². The van der Waals surface area contributed by atoms with Crippen molar-refractivity contribution >= 4 is 5.91 Å². The van der Waals surface area contributed by atoms with E-state index in [0.29, 0.717) is 12.3 Å². The molecule has 1 heterocycles. The summed E-state index contributed by atoms with van der Waals surface area (Å²) in [4.78, 5) is 15.0. The second kappa shape index (κ2) is 8.29. The van der Waals surface area contributed by atoms with E-state index in [1.165, 1.54) is 17.0 Å². The van der Waals surface area contributed by atoms with Gasteiger partial charge in [0.1, 0.15) is 12.3 Å². The number of benzene rings is 2. The fourth-order valence-electron chi connectivity index (χ4n) is 2.68. The van der Waals surface area contributed by atoms with E-state index in [1.54, 1.807) is 20.2 Å². The van der Waals surface area contributed by atoms with Gasteiger partial charge in [0.15, 0.2) is 0 Å². The standard InChI is InChI=1S/C19H18F3N5O2/c1-26(11-14-6-3-4-9-16(14)29-2)17(28)12-27-24-18(23-25-27)13-7-5-8-15(10-13)19(20,21)22/h3-10H,11-12H2,1-2H3. The number of nitrogens with zero attached hydrogens (tertiary/aromatic N) is 5. The first-order valence-corrected chi connectivity index (χ1v) is 8.59. The van der Waals surface area contributed by atoms with Gasteiger partial charge >= 0.3 is 6.18 Å². The van der Waals surface area contributed by atoms with Crippen molar-refractivity contribution in [1.29, 1.82) is 0 Å². The maximum Gasteiger partial charge on any atom is 0.416 e. The molecule has 0 atom stereocenters. The van der Waals surface area contributed by atoms with Crippen molar-refractivity contribution in [1.82, 2.24) is 25.1 Å². The normalized spacial score (nSPS) is 11.3. The zero-order valence-electron chi connectivity index (χ0n) is 15.7. The molecule has 152 valence electrons. The van der Waals surface area contributed by atoms with Gasteiger partial charge < -0.3 is 9.64 Å². The van der Waals surface area contributed by atoms with Gasteiger partial charge in [-0.15, -0.1) is 10.2 Å². The van der Waals surface area contributed by atoms with Gasteiger partial charge in [-0.3, -0.25) is 4.79 Å². The largest absolute Gasteiger partial charge is 0.496 e. The number of tetrazole rings is 1. The first-order chi connectivity index (χ1) is 13.8. The summed E-state index contributed by atoms with van der Waals surface area (Å²) >= 11 is 0. The van der Waals surface area contributed by atoms with Gasteiger partial charge in [0.2, 0.25) is 11.7 Å². The van der Waals surface area contributed by atoms with Gasteiger partial charge in [-0.1, -0.05) is 30.3 Å². The summed E-state index contributed by atoms with van der Waals surface area (Å²) in [5.41, 5.74) is 0.196. The molecule has 0 spiro atoms. The molecule has 0 N–H and O–H groups in total. The van der Waals surface area contributed by atoms with Crippen LogP contribution in [0.25, 0.3) is 11.4 Å². The summed E-state index contributed by atoms with van der Waals surface area (Å²) in [7, 11) is 3.18. The quantitative estimate of drug-likeness (QED) is 0.630. The lowest BCUT2D eigenvalue weighted by Gasteiger charge is -2.18.